The largest absolute Gasteiger partial charge is 0.465 e. The number of hydrogen-bond acceptors (Lipinski definition) is 7. The van der Waals surface area contributed by atoms with E-state index in [1.54, 1.807) is 0 Å². The Morgan fingerprint density at radius 3 is 2.04 bits per heavy atom. The van der Waals surface area contributed by atoms with Crippen molar-refractivity contribution in [2.45, 2.75) is 9.79 Å². The van der Waals surface area contributed by atoms with E-state index < -0.39 is 26.0 Å². The third-order valence-electron chi connectivity index (χ3n) is 4.27. The minimum Gasteiger partial charge on any atom is -0.465 e. The maximum absolute atomic E-state index is 12.9. The van der Waals surface area contributed by atoms with Crippen molar-refractivity contribution < 1.29 is 26.4 Å². The van der Waals surface area contributed by atoms with Gasteiger partial charge in [-0.15, -0.1) is 11.3 Å². The molecule has 3 rings (SSSR count). The van der Waals surface area contributed by atoms with Gasteiger partial charge in [0.05, 0.1) is 12.0 Å². The first-order chi connectivity index (χ1) is 13.2. The number of rotatable bonds is 5. The van der Waals surface area contributed by atoms with E-state index in [4.69, 9.17) is 11.6 Å². The summed E-state index contributed by atoms with van der Waals surface area (Å²) in [4.78, 5) is 11.8. The molecule has 1 aliphatic heterocycles. The molecule has 0 amide bonds. The number of halogens is 1. The van der Waals surface area contributed by atoms with Crippen molar-refractivity contribution in [1.82, 2.24) is 8.61 Å². The number of benzene rings is 1. The zero-order valence-electron chi connectivity index (χ0n) is 14.7. The summed E-state index contributed by atoms with van der Waals surface area (Å²) < 4.78 is 58.3. The molecule has 12 heteroatoms. The van der Waals surface area contributed by atoms with Gasteiger partial charge < -0.3 is 4.74 Å². The summed E-state index contributed by atoms with van der Waals surface area (Å²) in [5, 5.41) is 1.92. The Labute approximate surface area is 172 Å². The Hall–Kier alpha value is -1.50. The minimum absolute atomic E-state index is 0.00119. The fraction of sp³-hybridized carbons (Fsp3) is 0.312. The second-order valence-corrected chi connectivity index (χ2v) is 11.1. The van der Waals surface area contributed by atoms with E-state index in [1.807, 2.05) is 0 Å². The van der Waals surface area contributed by atoms with Crippen LogP contribution in [0.5, 0.6) is 0 Å². The molecule has 0 spiro atoms. The van der Waals surface area contributed by atoms with Crippen molar-refractivity contribution in [3.05, 3.63) is 45.6 Å². The molecule has 0 saturated carbocycles. The molecule has 0 aliphatic carbocycles. The lowest BCUT2D eigenvalue weighted by Crippen LogP contribution is -2.50. The number of ether oxygens (including phenoxy) is 1. The number of hydrogen-bond donors (Lipinski definition) is 0. The Balaban J connectivity index is 1.77. The Morgan fingerprint density at radius 2 is 1.50 bits per heavy atom. The Bertz CT molecular complexity index is 1070. The van der Waals surface area contributed by atoms with Gasteiger partial charge >= 0.3 is 5.97 Å². The number of piperazine rings is 1. The summed E-state index contributed by atoms with van der Waals surface area (Å²) in [6.45, 7) is -0.0407. The molecule has 152 valence electrons. The summed E-state index contributed by atoms with van der Waals surface area (Å²) in [6.07, 6.45) is 0. The maximum atomic E-state index is 12.9. The van der Waals surface area contributed by atoms with Gasteiger partial charge in [0.1, 0.15) is 9.77 Å². The molecule has 0 unspecified atom stereocenters. The highest BCUT2D eigenvalue weighted by Crippen LogP contribution is 2.28. The van der Waals surface area contributed by atoms with Crippen LogP contribution in [0.2, 0.25) is 5.02 Å². The number of esters is 1. The van der Waals surface area contributed by atoms with Gasteiger partial charge in [0.25, 0.3) is 0 Å². The first kappa shape index (κ1) is 21.2. The predicted octanol–water partition coefficient (Wildman–Crippen LogP) is 1.88. The standard InChI is InChI=1S/C16H17ClN2O6S3/c1-25-16(20)15-14(6-11-26-15)28(23,24)19-9-7-18(8-10-19)27(21,22)13-4-2-12(17)3-5-13/h2-6,11H,7-10H2,1H3. The monoisotopic (exact) mass is 464 g/mol. The highest BCUT2D eigenvalue weighted by atomic mass is 35.5. The van der Waals surface area contributed by atoms with Crippen LogP contribution in [0.25, 0.3) is 0 Å². The molecule has 1 saturated heterocycles. The van der Waals surface area contributed by atoms with Crippen LogP contribution in [0.3, 0.4) is 0 Å². The molecule has 0 radical (unpaired) electrons. The molecule has 2 aromatic rings. The highest BCUT2D eigenvalue weighted by Gasteiger charge is 2.36. The maximum Gasteiger partial charge on any atom is 0.349 e. The van der Waals surface area contributed by atoms with Gasteiger partial charge in [0, 0.05) is 31.2 Å². The third-order valence-corrected chi connectivity index (χ3v) is 9.40. The van der Waals surface area contributed by atoms with Crippen LogP contribution in [0.4, 0.5) is 0 Å². The Morgan fingerprint density at radius 1 is 0.964 bits per heavy atom. The predicted molar refractivity (Wildman–Crippen MR) is 105 cm³/mol. The van der Waals surface area contributed by atoms with Crippen molar-refractivity contribution in [1.29, 1.82) is 0 Å². The number of nitrogens with zero attached hydrogens (tertiary/aromatic N) is 2. The molecule has 0 N–H and O–H groups in total. The van der Waals surface area contributed by atoms with E-state index in [1.165, 1.54) is 51.4 Å². The molecule has 28 heavy (non-hydrogen) atoms. The molecule has 8 nitrogen and oxygen atoms in total. The lowest BCUT2D eigenvalue weighted by molar-refractivity contribution is 0.0602. The molecule has 2 heterocycles. The van der Waals surface area contributed by atoms with E-state index in [-0.39, 0.29) is 40.8 Å². The van der Waals surface area contributed by atoms with Crippen molar-refractivity contribution in [3.8, 4) is 0 Å². The smallest absolute Gasteiger partial charge is 0.349 e. The zero-order valence-corrected chi connectivity index (χ0v) is 17.9. The summed E-state index contributed by atoms with van der Waals surface area (Å²) >= 11 is 6.78. The van der Waals surface area contributed by atoms with Gasteiger partial charge in [0.2, 0.25) is 20.0 Å². The summed E-state index contributed by atoms with van der Waals surface area (Å²) in [5.74, 6) is -0.725. The molecule has 1 fully saturated rings. The van der Waals surface area contributed by atoms with Crippen LogP contribution in [0, 0.1) is 0 Å². The van der Waals surface area contributed by atoms with Gasteiger partial charge in [-0.2, -0.15) is 8.61 Å². The highest BCUT2D eigenvalue weighted by molar-refractivity contribution is 7.89. The van der Waals surface area contributed by atoms with Gasteiger partial charge in [-0.25, -0.2) is 21.6 Å². The van der Waals surface area contributed by atoms with Gasteiger partial charge in [0.15, 0.2) is 0 Å². The molecule has 0 bridgehead atoms. The minimum atomic E-state index is -3.94. The number of carbonyl (C=O) groups is 1. The van der Waals surface area contributed by atoms with Gasteiger partial charge in [-0.05, 0) is 35.7 Å². The number of sulfonamides is 2. The van der Waals surface area contributed by atoms with Crippen molar-refractivity contribution in [3.63, 3.8) is 0 Å². The lowest BCUT2D eigenvalue weighted by atomic mass is 10.4. The number of carbonyl (C=O) groups excluding carboxylic acids is 1. The normalized spacial score (nSPS) is 16.8. The topological polar surface area (TPSA) is 101 Å². The van der Waals surface area contributed by atoms with E-state index in [0.717, 1.165) is 11.3 Å². The molecule has 1 aromatic heterocycles. The molecule has 1 aliphatic rings. The molecular weight excluding hydrogens is 448 g/mol. The van der Waals surface area contributed by atoms with E-state index in [0.29, 0.717) is 5.02 Å². The third kappa shape index (κ3) is 3.95. The van der Waals surface area contributed by atoms with Gasteiger partial charge in [-0.1, -0.05) is 11.6 Å². The second kappa shape index (κ2) is 8.09. The fourth-order valence-corrected chi connectivity index (χ4v) is 7.07. The Kier molecular flexibility index (Phi) is 6.13. The van der Waals surface area contributed by atoms with Gasteiger partial charge in [-0.3, -0.25) is 0 Å². The van der Waals surface area contributed by atoms with Crippen LogP contribution in [0.1, 0.15) is 9.67 Å². The molecular formula is C16H17ClN2O6S3. The lowest BCUT2D eigenvalue weighted by Gasteiger charge is -2.33. The first-order valence-electron chi connectivity index (χ1n) is 8.09. The van der Waals surface area contributed by atoms with Crippen molar-refractivity contribution >= 4 is 49.0 Å². The molecule has 1 aromatic carbocycles. The quantitative estimate of drug-likeness (QED) is 0.626. The number of thiophene rings is 1. The zero-order chi connectivity index (χ0) is 20.5. The summed E-state index contributed by atoms with van der Waals surface area (Å²) in [5.41, 5.74) is 0. The van der Waals surface area contributed by atoms with E-state index >= 15 is 0 Å². The SMILES string of the molecule is COC(=O)c1sccc1S(=O)(=O)N1CCN(S(=O)(=O)c2ccc(Cl)cc2)CC1. The molecule has 0 atom stereocenters. The van der Waals surface area contributed by atoms with Crippen LogP contribution in [-0.4, -0.2) is 64.7 Å². The van der Waals surface area contributed by atoms with Crippen LogP contribution in [0.15, 0.2) is 45.5 Å². The van der Waals surface area contributed by atoms with Crippen LogP contribution < -0.4 is 0 Å². The summed E-state index contributed by atoms with van der Waals surface area (Å²) in [7, 11) is -6.51. The average molecular weight is 465 g/mol. The average Bonchev–Trinajstić information content (AvgIpc) is 3.18. The summed E-state index contributed by atoms with van der Waals surface area (Å²) in [6, 6.07) is 7.15. The first-order valence-corrected chi connectivity index (χ1v) is 12.2. The van der Waals surface area contributed by atoms with Crippen molar-refractivity contribution in [2.24, 2.45) is 0 Å². The van der Waals surface area contributed by atoms with Crippen molar-refractivity contribution in [2.75, 3.05) is 33.3 Å². The van der Waals surface area contributed by atoms with Crippen LogP contribution in [-0.2, 0) is 24.8 Å². The van der Waals surface area contributed by atoms with E-state index in [2.05, 4.69) is 4.74 Å². The fourth-order valence-electron chi connectivity index (χ4n) is 2.79. The second-order valence-electron chi connectivity index (χ2n) is 5.87. The van der Waals surface area contributed by atoms with Crippen LogP contribution >= 0.6 is 22.9 Å². The number of methoxy groups -OCH3 is 1. The van der Waals surface area contributed by atoms with E-state index in [9.17, 15) is 21.6 Å².